The number of alkyl halides is 1. The minimum absolute atomic E-state index is 0.213. The summed E-state index contributed by atoms with van der Waals surface area (Å²) in [5.74, 6) is 0.720. The van der Waals surface area contributed by atoms with Crippen molar-refractivity contribution in [3.05, 3.63) is 65.7 Å². The zero-order chi connectivity index (χ0) is 14.8. The molecule has 108 valence electrons. The molecule has 0 amide bonds. The van der Waals surface area contributed by atoms with E-state index in [0.29, 0.717) is 6.54 Å². The average molecular weight is 348 g/mol. The summed E-state index contributed by atoms with van der Waals surface area (Å²) in [7, 11) is 2.00. The van der Waals surface area contributed by atoms with E-state index in [-0.39, 0.29) is 5.82 Å². The van der Waals surface area contributed by atoms with Crippen LogP contribution in [0.2, 0.25) is 0 Å². The number of rotatable bonds is 4. The molecule has 3 aromatic rings. The van der Waals surface area contributed by atoms with E-state index in [1.54, 1.807) is 12.1 Å². The smallest absolute Gasteiger partial charge is 0.152 e. The van der Waals surface area contributed by atoms with E-state index in [9.17, 15) is 4.39 Å². The number of anilines is 1. The number of hydrogen-bond donors (Lipinski definition) is 0. The monoisotopic (exact) mass is 347 g/mol. The third-order valence-corrected chi connectivity index (χ3v) is 3.96. The molecule has 0 unspecified atom stereocenters. The summed E-state index contributed by atoms with van der Waals surface area (Å²) in [6.45, 7) is 0.685. The molecule has 2 heterocycles. The van der Waals surface area contributed by atoms with Crippen LogP contribution >= 0.6 is 15.9 Å². The number of fused-ring (bicyclic) bond motifs is 1. The standard InChI is InChI=1S/C16H15BrFN3/c1-20(11-12-5-7-13(18)8-6-12)16-14(10-17)21-9-3-2-4-15(21)19-16/h2-9H,10-11H2,1H3. The van der Waals surface area contributed by atoms with Gasteiger partial charge in [0.25, 0.3) is 0 Å². The van der Waals surface area contributed by atoms with E-state index in [4.69, 9.17) is 0 Å². The maximum atomic E-state index is 13.0. The molecule has 0 atom stereocenters. The number of halogens is 2. The molecular formula is C16H15BrFN3. The Kier molecular flexibility index (Phi) is 3.92. The predicted octanol–water partition coefficient (Wildman–Crippen LogP) is 4.00. The van der Waals surface area contributed by atoms with Crippen LogP contribution in [0.5, 0.6) is 0 Å². The van der Waals surface area contributed by atoms with Crippen molar-refractivity contribution in [3.63, 3.8) is 0 Å². The van der Waals surface area contributed by atoms with Crippen molar-refractivity contribution in [1.82, 2.24) is 9.38 Å². The van der Waals surface area contributed by atoms with E-state index in [0.717, 1.165) is 28.1 Å². The predicted molar refractivity (Wildman–Crippen MR) is 86.3 cm³/mol. The second kappa shape index (κ2) is 5.85. The lowest BCUT2D eigenvalue weighted by atomic mass is 10.2. The number of aromatic nitrogens is 2. The van der Waals surface area contributed by atoms with Crippen molar-refractivity contribution in [1.29, 1.82) is 0 Å². The van der Waals surface area contributed by atoms with Crippen LogP contribution in [0, 0.1) is 5.82 Å². The lowest BCUT2D eigenvalue weighted by Gasteiger charge is -2.18. The van der Waals surface area contributed by atoms with E-state index in [1.807, 2.05) is 31.4 Å². The second-order valence-electron chi connectivity index (χ2n) is 4.93. The zero-order valence-corrected chi connectivity index (χ0v) is 13.2. The summed E-state index contributed by atoms with van der Waals surface area (Å²) in [4.78, 5) is 6.76. The fraction of sp³-hybridized carbons (Fsp3) is 0.188. The van der Waals surface area contributed by atoms with Crippen molar-refractivity contribution >= 4 is 27.4 Å². The maximum absolute atomic E-state index is 13.0. The van der Waals surface area contributed by atoms with Crippen LogP contribution < -0.4 is 4.90 Å². The molecule has 5 heteroatoms. The van der Waals surface area contributed by atoms with Gasteiger partial charge in [-0.3, -0.25) is 0 Å². The van der Waals surface area contributed by atoms with Gasteiger partial charge < -0.3 is 9.30 Å². The molecule has 0 bridgehead atoms. The minimum Gasteiger partial charge on any atom is -0.354 e. The van der Waals surface area contributed by atoms with Crippen LogP contribution in [0.15, 0.2) is 48.7 Å². The molecule has 0 radical (unpaired) electrons. The van der Waals surface area contributed by atoms with Crippen molar-refractivity contribution in [2.75, 3.05) is 11.9 Å². The van der Waals surface area contributed by atoms with Crippen molar-refractivity contribution < 1.29 is 4.39 Å². The van der Waals surface area contributed by atoms with Crippen molar-refractivity contribution in [2.45, 2.75) is 11.9 Å². The number of benzene rings is 1. The first-order valence-corrected chi connectivity index (χ1v) is 7.78. The summed E-state index contributed by atoms with van der Waals surface area (Å²) in [6.07, 6.45) is 2.01. The molecular weight excluding hydrogens is 333 g/mol. The highest BCUT2D eigenvalue weighted by Gasteiger charge is 2.14. The minimum atomic E-state index is -0.213. The van der Waals surface area contributed by atoms with Crippen LogP contribution in [0.1, 0.15) is 11.3 Å². The molecule has 0 spiro atoms. The van der Waals surface area contributed by atoms with Gasteiger partial charge in [-0.15, -0.1) is 0 Å². The van der Waals surface area contributed by atoms with E-state index >= 15 is 0 Å². The van der Waals surface area contributed by atoms with Gasteiger partial charge in [0.1, 0.15) is 11.5 Å². The van der Waals surface area contributed by atoms with Crippen LogP contribution in [0.4, 0.5) is 10.2 Å². The summed E-state index contributed by atoms with van der Waals surface area (Å²) >= 11 is 3.53. The second-order valence-corrected chi connectivity index (χ2v) is 5.49. The molecule has 0 saturated heterocycles. The summed E-state index contributed by atoms with van der Waals surface area (Å²) in [5.41, 5.74) is 3.08. The molecule has 0 aliphatic rings. The van der Waals surface area contributed by atoms with Gasteiger partial charge in [0, 0.05) is 25.1 Å². The first-order valence-electron chi connectivity index (χ1n) is 6.66. The number of imidazole rings is 1. The molecule has 1 aromatic carbocycles. The van der Waals surface area contributed by atoms with Gasteiger partial charge in [-0.25, -0.2) is 9.37 Å². The topological polar surface area (TPSA) is 20.5 Å². The number of hydrogen-bond acceptors (Lipinski definition) is 2. The molecule has 21 heavy (non-hydrogen) atoms. The highest BCUT2D eigenvalue weighted by Crippen LogP contribution is 2.24. The first kappa shape index (κ1) is 14.1. The van der Waals surface area contributed by atoms with Crippen LogP contribution in [0.3, 0.4) is 0 Å². The fourth-order valence-electron chi connectivity index (χ4n) is 2.40. The fourth-order valence-corrected chi connectivity index (χ4v) is 2.92. The molecule has 2 aromatic heterocycles. The van der Waals surface area contributed by atoms with Crippen LogP contribution in [-0.2, 0) is 11.9 Å². The Morgan fingerprint density at radius 1 is 1.19 bits per heavy atom. The van der Waals surface area contributed by atoms with Gasteiger partial charge in [0.05, 0.1) is 5.69 Å². The van der Waals surface area contributed by atoms with E-state index in [2.05, 4.69) is 30.2 Å². The Bertz CT molecular complexity index is 752. The molecule has 0 aliphatic heterocycles. The largest absolute Gasteiger partial charge is 0.354 e. The maximum Gasteiger partial charge on any atom is 0.152 e. The van der Waals surface area contributed by atoms with Crippen molar-refractivity contribution in [2.24, 2.45) is 0 Å². The normalized spacial score (nSPS) is 11.0. The number of nitrogens with zero attached hydrogens (tertiary/aromatic N) is 3. The van der Waals surface area contributed by atoms with Gasteiger partial charge in [-0.1, -0.05) is 34.1 Å². The quantitative estimate of drug-likeness (QED) is 0.665. The molecule has 0 saturated carbocycles. The molecule has 0 fully saturated rings. The van der Waals surface area contributed by atoms with Gasteiger partial charge >= 0.3 is 0 Å². The molecule has 0 N–H and O–H groups in total. The number of pyridine rings is 1. The van der Waals surface area contributed by atoms with E-state index < -0.39 is 0 Å². The van der Waals surface area contributed by atoms with Gasteiger partial charge in [0.2, 0.25) is 0 Å². The highest BCUT2D eigenvalue weighted by molar-refractivity contribution is 9.08. The van der Waals surface area contributed by atoms with Crippen LogP contribution in [0.25, 0.3) is 5.65 Å². The van der Waals surface area contributed by atoms with E-state index in [1.165, 1.54) is 12.1 Å². The Morgan fingerprint density at radius 2 is 1.95 bits per heavy atom. The Hall–Kier alpha value is -1.88. The first-order chi connectivity index (χ1) is 10.2. The van der Waals surface area contributed by atoms with Gasteiger partial charge in [-0.05, 0) is 29.8 Å². The average Bonchev–Trinajstić information content (AvgIpc) is 2.88. The Labute approximate surface area is 131 Å². The SMILES string of the molecule is CN(Cc1ccc(F)cc1)c1nc2ccccn2c1CBr. The van der Waals surface area contributed by atoms with Gasteiger partial charge in [-0.2, -0.15) is 0 Å². The summed E-state index contributed by atoms with van der Waals surface area (Å²) in [6, 6.07) is 12.5. The zero-order valence-electron chi connectivity index (χ0n) is 11.6. The van der Waals surface area contributed by atoms with Crippen molar-refractivity contribution in [3.8, 4) is 0 Å². The molecule has 0 aliphatic carbocycles. The molecule has 3 rings (SSSR count). The van der Waals surface area contributed by atoms with Crippen LogP contribution in [-0.4, -0.2) is 16.4 Å². The summed E-state index contributed by atoms with van der Waals surface area (Å²) in [5, 5.41) is 0.723. The van der Waals surface area contributed by atoms with Gasteiger partial charge in [0.15, 0.2) is 5.82 Å². The lowest BCUT2D eigenvalue weighted by molar-refractivity contribution is 0.627. The Balaban J connectivity index is 1.93. The third kappa shape index (κ3) is 2.78. The molecule has 3 nitrogen and oxygen atoms in total. The Morgan fingerprint density at radius 3 is 2.67 bits per heavy atom. The lowest BCUT2D eigenvalue weighted by Crippen LogP contribution is -2.18. The summed E-state index contributed by atoms with van der Waals surface area (Å²) < 4.78 is 15.0. The third-order valence-electron chi connectivity index (χ3n) is 3.43. The highest BCUT2D eigenvalue weighted by atomic mass is 79.9.